The number of aryl methyl sites for hydroxylation is 1. The van der Waals surface area contributed by atoms with Crippen LogP contribution < -0.4 is 5.32 Å². The van der Waals surface area contributed by atoms with E-state index >= 15 is 0 Å². The van der Waals surface area contributed by atoms with Gasteiger partial charge in [0, 0.05) is 16.8 Å². The molecular weight excluding hydrogens is 262 g/mol. The van der Waals surface area contributed by atoms with Crippen LogP contribution in [0.1, 0.15) is 43.9 Å². The third-order valence-electron chi connectivity index (χ3n) is 2.87. The van der Waals surface area contributed by atoms with E-state index in [2.05, 4.69) is 37.4 Å². The summed E-state index contributed by atoms with van der Waals surface area (Å²) in [6.07, 6.45) is 2.40. The zero-order valence-corrected chi connectivity index (χ0v) is 13.2. The molecule has 1 aromatic rings. The van der Waals surface area contributed by atoms with Gasteiger partial charge in [-0.1, -0.05) is 37.6 Å². The second-order valence-electron chi connectivity index (χ2n) is 4.59. The van der Waals surface area contributed by atoms with Crippen LogP contribution >= 0.6 is 23.4 Å². The van der Waals surface area contributed by atoms with Gasteiger partial charge >= 0.3 is 0 Å². The first-order valence-corrected chi connectivity index (χ1v) is 8.29. The highest BCUT2D eigenvalue weighted by Crippen LogP contribution is 2.24. The number of benzene rings is 1. The first kappa shape index (κ1) is 15.9. The molecule has 0 radical (unpaired) electrons. The molecule has 1 rings (SSSR count). The average Bonchev–Trinajstić information content (AvgIpc) is 2.37. The maximum Gasteiger partial charge on any atom is 0.0438 e. The van der Waals surface area contributed by atoms with Crippen LogP contribution in [0, 0.1) is 6.92 Å². The molecule has 0 saturated heterocycles. The van der Waals surface area contributed by atoms with E-state index in [9.17, 15) is 0 Å². The molecule has 1 unspecified atom stereocenters. The van der Waals surface area contributed by atoms with Crippen molar-refractivity contribution in [1.29, 1.82) is 0 Å². The summed E-state index contributed by atoms with van der Waals surface area (Å²) in [6, 6.07) is 6.83. The Morgan fingerprint density at radius 2 is 2.06 bits per heavy atom. The van der Waals surface area contributed by atoms with Gasteiger partial charge in [0.15, 0.2) is 0 Å². The molecule has 0 saturated carbocycles. The lowest BCUT2D eigenvalue weighted by Crippen LogP contribution is -2.24. The van der Waals surface area contributed by atoms with Gasteiger partial charge in [0.05, 0.1) is 0 Å². The monoisotopic (exact) mass is 285 g/mol. The van der Waals surface area contributed by atoms with Crippen molar-refractivity contribution in [3.63, 3.8) is 0 Å². The fourth-order valence-corrected chi connectivity index (χ4v) is 2.95. The molecule has 0 spiro atoms. The lowest BCUT2D eigenvalue weighted by molar-refractivity contribution is 0.577. The smallest absolute Gasteiger partial charge is 0.0438 e. The average molecular weight is 286 g/mol. The van der Waals surface area contributed by atoms with Gasteiger partial charge in [-0.2, -0.15) is 11.8 Å². The largest absolute Gasteiger partial charge is 0.309 e. The van der Waals surface area contributed by atoms with E-state index in [4.69, 9.17) is 11.6 Å². The molecule has 1 nitrogen and oxygen atoms in total. The van der Waals surface area contributed by atoms with Crippen molar-refractivity contribution < 1.29 is 0 Å². The summed E-state index contributed by atoms with van der Waals surface area (Å²) in [5.41, 5.74) is 2.46. The van der Waals surface area contributed by atoms with Gasteiger partial charge in [-0.3, -0.25) is 0 Å². The van der Waals surface area contributed by atoms with Gasteiger partial charge < -0.3 is 5.32 Å². The SMILES string of the molecule is CCCNC(CSCCC)c1ccc(C)c(Cl)c1. The fourth-order valence-electron chi connectivity index (χ4n) is 1.76. The van der Waals surface area contributed by atoms with Crippen molar-refractivity contribution in [2.45, 2.75) is 39.7 Å². The normalized spacial score (nSPS) is 12.7. The highest BCUT2D eigenvalue weighted by atomic mass is 35.5. The second kappa shape index (κ2) is 8.84. The number of rotatable bonds is 8. The van der Waals surface area contributed by atoms with E-state index in [0.29, 0.717) is 6.04 Å². The summed E-state index contributed by atoms with van der Waals surface area (Å²) >= 11 is 8.23. The van der Waals surface area contributed by atoms with E-state index < -0.39 is 0 Å². The predicted octanol–water partition coefficient (Wildman–Crippen LogP) is 4.83. The Hall–Kier alpha value is -0.180. The molecule has 102 valence electrons. The lowest BCUT2D eigenvalue weighted by Gasteiger charge is -2.19. The second-order valence-corrected chi connectivity index (χ2v) is 6.15. The van der Waals surface area contributed by atoms with Crippen LogP contribution in [-0.2, 0) is 0 Å². The molecule has 0 aliphatic carbocycles. The number of halogens is 1. The number of hydrogen-bond acceptors (Lipinski definition) is 2. The fraction of sp³-hybridized carbons (Fsp3) is 0.600. The maximum absolute atomic E-state index is 6.22. The summed E-state index contributed by atoms with van der Waals surface area (Å²) in [4.78, 5) is 0. The van der Waals surface area contributed by atoms with Crippen molar-refractivity contribution in [2.75, 3.05) is 18.1 Å². The number of nitrogens with one attached hydrogen (secondary N) is 1. The summed E-state index contributed by atoms with van der Waals surface area (Å²) in [5, 5.41) is 4.48. The first-order chi connectivity index (χ1) is 8.69. The topological polar surface area (TPSA) is 12.0 Å². The van der Waals surface area contributed by atoms with Crippen molar-refractivity contribution >= 4 is 23.4 Å². The van der Waals surface area contributed by atoms with Crippen LogP contribution in [0.2, 0.25) is 5.02 Å². The Bertz CT molecular complexity index is 354. The Labute approximate surface area is 121 Å². The Morgan fingerprint density at radius 3 is 2.67 bits per heavy atom. The number of thioether (sulfide) groups is 1. The molecular formula is C15H24ClNS. The molecule has 18 heavy (non-hydrogen) atoms. The van der Waals surface area contributed by atoms with E-state index in [0.717, 1.165) is 29.3 Å². The predicted molar refractivity (Wildman–Crippen MR) is 84.8 cm³/mol. The summed E-state index contributed by atoms with van der Waals surface area (Å²) < 4.78 is 0. The molecule has 1 aromatic carbocycles. The molecule has 1 atom stereocenters. The minimum atomic E-state index is 0.416. The summed E-state index contributed by atoms with van der Waals surface area (Å²) in [7, 11) is 0. The van der Waals surface area contributed by atoms with Gasteiger partial charge in [-0.25, -0.2) is 0 Å². The van der Waals surface area contributed by atoms with Crippen LogP contribution in [0.15, 0.2) is 18.2 Å². The zero-order chi connectivity index (χ0) is 13.4. The Balaban J connectivity index is 2.70. The van der Waals surface area contributed by atoms with Gasteiger partial charge in [0.1, 0.15) is 0 Å². The number of hydrogen-bond donors (Lipinski definition) is 1. The van der Waals surface area contributed by atoms with Gasteiger partial charge in [-0.15, -0.1) is 0 Å². The van der Waals surface area contributed by atoms with Crippen LogP contribution in [0.4, 0.5) is 0 Å². The Kier molecular flexibility index (Phi) is 7.80. The van der Waals surface area contributed by atoms with E-state index in [1.54, 1.807) is 0 Å². The highest BCUT2D eigenvalue weighted by Gasteiger charge is 2.11. The van der Waals surface area contributed by atoms with Crippen LogP contribution in [-0.4, -0.2) is 18.1 Å². The molecule has 0 bridgehead atoms. The molecule has 3 heteroatoms. The minimum absolute atomic E-state index is 0.416. The molecule has 1 N–H and O–H groups in total. The highest BCUT2D eigenvalue weighted by molar-refractivity contribution is 7.99. The van der Waals surface area contributed by atoms with Crippen molar-refractivity contribution in [1.82, 2.24) is 5.32 Å². The first-order valence-electron chi connectivity index (χ1n) is 6.76. The Morgan fingerprint density at radius 1 is 1.28 bits per heavy atom. The van der Waals surface area contributed by atoms with Crippen LogP contribution in [0.3, 0.4) is 0 Å². The standard InChI is InChI=1S/C15H24ClNS/c1-4-8-17-15(11-18-9-5-2)13-7-6-12(3)14(16)10-13/h6-7,10,15,17H,4-5,8-9,11H2,1-3H3. The molecule has 0 fully saturated rings. The molecule has 0 amide bonds. The minimum Gasteiger partial charge on any atom is -0.309 e. The van der Waals surface area contributed by atoms with E-state index in [1.807, 2.05) is 18.7 Å². The molecule has 0 heterocycles. The van der Waals surface area contributed by atoms with Crippen LogP contribution in [0.5, 0.6) is 0 Å². The van der Waals surface area contributed by atoms with Gasteiger partial charge in [0.25, 0.3) is 0 Å². The molecule has 0 aliphatic rings. The quantitative estimate of drug-likeness (QED) is 0.687. The van der Waals surface area contributed by atoms with Crippen molar-refractivity contribution in [3.05, 3.63) is 34.3 Å². The summed E-state index contributed by atoms with van der Waals surface area (Å²) in [6.45, 7) is 7.53. The zero-order valence-electron chi connectivity index (χ0n) is 11.6. The third-order valence-corrected chi connectivity index (χ3v) is 4.55. The van der Waals surface area contributed by atoms with Crippen molar-refractivity contribution in [2.24, 2.45) is 0 Å². The van der Waals surface area contributed by atoms with Gasteiger partial charge in [0.2, 0.25) is 0 Å². The molecule has 0 aliphatic heterocycles. The molecule has 0 aromatic heterocycles. The van der Waals surface area contributed by atoms with Crippen LogP contribution in [0.25, 0.3) is 0 Å². The summed E-state index contributed by atoms with van der Waals surface area (Å²) in [5.74, 6) is 2.34. The maximum atomic E-state index is 6.22. The lowest BCUT2D eigenvalue weighted by atomic mass is 10.1. The van der Waals surface area contributed by atoms with E-state index in [1.165, 1.54) is 17.7 Å². The third kappa shape index (κ3) is 5.21. The van der Waals surface area contributed by atoms with Crippen molar-refractivity contribution in [3.8, 4) is 0 Å². The van der Waals surface area contributed by atoms with Gasteiger partial charge in [-0.05, 0) is 49.3 Å². The van der Waals surface area contributed by atoms with E-state index in [-0.39, 0.29) is 0 Å².